The number of ether oxygens (including phenoxy) is 2. The fraction of sp³-hybridized carbons (Fsp3) is 0.375. The summed E-state index contributed by atoms with van der Waals surface area (Å²) in [5, 5.41) is 0. The quantitative estimate of drug-likeness (QED) is 0.883. The van der Waals surface area contributed by atoms with Crippen molar-refractivity contribution in [3.63, 3.8) is 0 Å². The van der Waals surface area contributed by atoms with Crippen molar-refractivity contribution in [2.24, 2.45) is 5.73 Å². The van der Waals surface area contributed by atoms with E-state index < -0.39 is 0 Å². The van der Waals surface area contributed by atoms with E-state index in [0.29, 0.717) is 17.3 Å². The Balaban J connectivity index is 2.31. The van der Waals surface area contributed by atoms with Crippen LogP contribution < -0.4 is 15.2 Å². The summed E-state index contributed by atoms with van der Waals surface area (Å²) in [6.07, 6.45) is 3.44. The van der Waals surface area contributed by atoms with Gasteiger partial charge in [0.05, 0.1) is 14.2 Å². The van der Waals surface area contributed by atoms with Crippen molar-refractivity contribution in [1.29, 1.82) is 0 Å². The van der Waals surface area contributed by atoms with Gasteiger partial charge in [0.1, 0.15) is 0 Å². The van der Waals surface area contributed by atoms with Gasteiger partial charge in [0, 0.05) is 29.9 Å². The number of nitrogens with two attached hydrogens (primary N) is 1. The summed E-state index contributed by atoms with van der Waals surface area (Å²) in [5.41, 5.74) is 7.82. The average molecular weight is 287 g/mol. The zero-order valence-corrected chi connectivity index (χ0v) is 12.7. The first-order chi connectivity index (χ1) is 10.2. The Labute approximate surface area is 125 Å². The molecular formula is C16H21N3O2. The van der Waals surface area contributed by atoms with Crippen LogP contribution >= 0.6 is 0 Å². The summed E-state index contributed by atoms with van der Waals surface area (Å²) in [6, 6.07) is 7.66. The third-order valence-corrected chi connectivity index (χ3v) is 3.35. The number of hydrogen-bond donors (Lipinski definition) is 1. The molecule has 2 N–H and O–H groups in total. The topological polar surface area (TPSA) is 70.3 Å². The molecule has 0 saturated carbocycles. The fourth-order valence-electron chi connectivity index (χ4n) is 2.04. The fourth-order valence-corrected chi connectivity index (χ4v) is 2.04. The first kappa shape index (κ1) is 15.3. The maximum atomic E-state index is 5.98. The van der Waals surface area contributed by atoms with Gasteiger partial charge < -0.3 is 15.2 Å². The van der Waals surface area contributed by atoms with Crippen LogP contribution in [0.15, 0.2) is 30.5 Å². The molecule has 2 rings (SSSR count). The van der Waals surface area contributed by atoms with Crippen LogP contribution in [-0.4, -0.2) is 30.2 Å². The Morgan fingerprint density at radius 3 is 2.57 bits per heavy atom. The highest BCUT2D eigenvalue weighted by atomic mass is 16.5. The average Bonchev–Trinajstić information content (AvgIpc) is 2.54. The summed E-state index contributed by atoms with van der Waals surface area (Å²) >= 11 is 0. The first-order valence-electron chi connectivity index (χ1n) is 6.97. The number of methoxy groups -OCH3 is 2. The van der Waals surface area contributed by atoms with Gasteiger partial charge >= 0.3 is 0 Å². The van der Waals surface area contributed by atoms with Crippen LogP contribution in [0, 0.1) is 0 Å². The molecule has 112 valence electrons. The number of benzene rings is 1. The van der Waals surface area contributed by atoms with Gasteiger partial charge in [-0.25, -0.2) is 9.97 Å². The largest absolute Gasteiger partial charge is 0.493 e. The van der Waals surface area contributed by atoms with Crippen molar-refractivity contribution in [3.8, 4) is 22.9 Å². The van der Waals surface area contributed by atoms with Crippen LogP contribution in [0.4, 0.5) is 0 Å². The Morgan fingerprint density at radius 2 is 1.90 bits per heavy atom. The van der Waals surface area contributed by atoms with Crippen LogP contribution in [0.1, 0.15) is 19.0 Å². The van der Waals surface area contributed by atoms with Gasteiger partial charge in [-0.15, -0.1) is 0 Å². The van der Waals surface area contributed by atoms with E-state index in [1.54, 1.807) is 20.4 Å². The van der Waals surface area contributed by atoms with Crippen molar-refractivity contribution in [3.05, 3.63) is 36.2 Å². The van der Waals surface area contributed by atoms with Crippen LogP contribution in [0.2, 0.25) is 0 Å². The molecule has 0 radical (unpaired) electrons. The second-order valence-corrected chi connectivity index (χ2v) is 4.81. The van der Waals surface area contributed by atoms with Crippen molar-refractivity contribution in [1.82, 2.24) is 9.97 Å². The van der Waals surface area contributed by atoms with E-state index in [1.165, 1.54) is 0 Å². The van der Waals surface area contributed by atoms with Gasteiger partial charge in [0.2, 0.25) is 0 Å². The smallest absolute Gasteiger partial charge is 0.161 e. The zero-order valence-electron chi connectivity index (χ0n) is 12.7. The van der Waals surface area contributed by atoms with Crippen molar-refractivity contribution in [2.75, 3.05) is 14.2 Å². The van der Waals surface area contributed by atoms with Gasteiger partial charge in [-0.3, -0.25) is 0 Å². The number of nitrogens with zero attached hydrogens (tertiary/aromatic N) is 2. The molecule has 0 bridgehead atoms. The molecule has 0 saturated heterocycles. The highest BCUT2D eigenvalue weighted by molar-refractivity contribution is 5.61. The molecular weight excluding hydrogens is 266 g/mol. The minimum absolute atomic E-state index is 0.123. The monoisotopic (exact) mass is 287 g/mol. The lowest BCUT2D eigenvalue weighted by Gasteiger charge is -2.11. The van der Waals surface area contributed by atoms with E-state index in [2.05, 4.69) is 16.9 Å². The highest BCUT2D eigenvalue weighted by Gasteiger charge is 2.09. The number of rotatable bonds is 6. The molecule has 0 amide bonds. The molecule has 5 nitrogen and oxygen atoms in total. The molecule has 0 aliphatic rings. The minimum Gasteiger partial charge on any atom is -0.493 e. The predicted octanol–water partition coefficient (Wildman–Crippen LogP) is 2.44. The predicted molar refractivity (Wildman–Crippen MR) is 82.5 cm³/mol. The van der Waals surface area contributed by atoms with E-state index in [4.69, 9.17) is 15.2 Å². The summed E-state index contributed by atoms with van der Waals surface area (Å²) in [5.74, 6) is 2.01. The Hall–Kier alpha value is -2.14. The van der Waals surface area contributed by atoms with Gasteiger partial charge in [-0.05, 0) is 30.7 Å². The second-order valence-electron chi connectivity index (χ2n) is 4.81. The standard InChI is InChI=1S/C16H21N3O2/c1-4-12(17)10-13-7-8-18-16(19-13)11-5-6-14(20-2)15(9-11)21-3/h5-9,12H,4,10,17H2,1-3H3. The van der Waals surface area contributed by atoms with Crippen LogP contribution in [0.5, 0.6) is 11.5 Å². The molecule has 0 fully saturated rings. The van der Waals surface area contributed by atoms with E-state index in [0.717, 1.165) is 24.1 Å². The lowest BCUT2D eigenvalue weighted by molar-refractivity contribution is 0.355. The number of aromatic nitrogens is 2. The molecule has 0 spiro atoms. The minimum atomic E-state index is 0.123. The maximum Gasteiger partial charge on any atom is 0.161 e. The van der Waals surface area contributed by atoms with Crippen LogP contribution in [0.25, 0.3) is 11.4 Å². The highest BCUT2D eigenvalue weighted by Crippen LogP contribution is 2.30. The van der Waals surface area contributed by atoms with Gasteiger partial charge in [-0.1, -0.05) is 6.92 Å². The summed E-state index contributed by atoms with van der Waals surface area (Å²) in [6.45, 7) is 2.07. The molecule has 2 aromatic rings. The van der Waals surface area contributed by atoms with Crippen LogP contribution in [0.3, 0.4) is 0 Å². The SMILES string of the molecule is CCC(N)Cc1ccnc(-c2ccc(OC)c(OC)c2)n1. The van der Waals surface area contributed by atoms with Crippen molar-refractivity contribution < 1.29 is 9.47 Å². The number of hydrogen-bond acceptors (Lipinski definition) is 5. The van der Waals surface area contributed by atoms with E-state index >= 15 is 0 Å². The lowest BCUT2D eigenvalue weighted by Crippen LogP contribution is -2.22. The van der Waals surface area contributed by atoms with E-state index in [1.807, 2.05) is 24.3 Å². The van der Waals surface area contributed by atoms with Gasteiger partial charge in [0.25, 0.3) is 0 Å². The Morgan fingerprint density at radius 1 is 1.14 bits per heavy atom. The maximum absolute atomic E-state index is 5.98. The molecule has 0 aliphatic carbocycles. The molecule has 1 aromatic carbocycles. The normalized spacial score (nSPS) is 12.0. The second kappa shape index (κ2) is 7.04. The lowest BCUT2D eigenvalue weighted by atomic mass is 10.1. The molecule has 5 heteroatoms. The molecule has 1 heterocycles. The molecule has 1 atom stereocenters. The van der Waals surface area contributed by atoms with E-state index in [9.17, 15) is 0 Å². The van der Waals surface area contributed by atoms with Crippen molar-refractivity contribution >= 4 is 0 Å². The molecule has 0 aliphatic heterocycles. The van der Waals surface area contributed by atoms with Gasteiger partial charge in [-0.2, -0.15) is 0 Å². The Kier molecular flexibility index (Phi) is 5.11. The third-order valence-electron chi connectivity index (χ3n) is 3.35. The Bertz CT molecular complexity index is 602. The van der Waals surface area contributed by atoms with Gasteiger partial charge in [0.15, 0.2) is 17.3 Å². The zero-order chi connectivity index (χ0) is 15.2. The summed E-state index contributed by atoms with van der Waals surface area (Å²) < 4.78 is 10.5. The molecule has 21 heavy (non-hydrogen) atoms. The first-order valence-corrected chi connectivity index (χ1v) is 6.97. The third kappa shape index (κ3) is 3.70. The van der Waals surface area contributed by atoms with E-state index in [-0.39, 0.29) is 6.04 Å². The van der Waals surface area contributed by atoms with Crippen LogP contribution in [-0.2, 0) is 6.42 Å². The molecule has 1 aromatic heterocycles. The summed E-state index contributed by atoms with van der Waals surface area (Å²) in [4.78, 5) is 8.90. The summed E-state index contributed by atoms with van der Waals surface area (Å²) in [7, 11) is 3.22. The van der Waals surface area contributed by atoms with Crippen molar-refractivity contribution in [2.45, 2.75) is 25.8 Å². The molecule has 1 unspecified atom stereocenters.